The monoisotopic (exact) mass is 189 g/mol. The molecule has 0 amide bonds. The minimum atomic E-state index is -0.184. The van der Waals surface area contributed by atoms with Gasteiger partial charge in [0.05, 0.1) is 29.6 Å². The van der Waals surface area contributed by atoms with E-state index >= 15 is 0 Å². The summed E-state index contributed by atoms with van der Waals surface area (Å²) in [6.45, 7) is 8.08. The molecule has 1 heterocycles. The fourth-order valence-electron chi connectivity index (χ4n) is 1.02. The molecule has 14 heavy (non-hydrogen) atoms. The van der Waals surface area contributed by atoms with Crippen molar-refractivity contribution in [1.82, 2.24) is 9.97 Å². The molecular weight excluding hydrogens is 174 g/mol. The van der Waals surface area contributed by atoms with Crippen LogP contribution in [0, 0.1) is 11.3 Å². The first-order chi connectivity index (χ1) is 6.45. The van der Waals surface area contributed by atoms with Crippen molar-refractivity contribution in [3.05, 3.63) is 23.8 Å². The van der Waals surface area contributed by atoms with Gasteiger partial charge in [0, 0.05) is 11.6 Å². The number of aromatic nitrogens is 2. The Morgan fingerprint density at radius 1 is 1.29 bits per heavy atom. The highest BCUT2D eigenvalue weighted by molar-refractivity contribution is 5.16. The maximum Gasteiger partial charge on any atom is 0.0872 e. The summed E-state index contributed by atoms with van der Waals surface area (Å²) in [5.74, 6) is -0.184. The highest BCUT2D eigenvalue weighted by atomic mass is 14.8. The molecule has 0 saturated heterocycles. The molecule has 0 N–H and O–H groups in total. The van der Waals surface area contributed by atoms with Gasteiger partial charge < -0.3 is 0 Å². The van der Waals surface area contributed by atoms with E-state index in [0.717, 1.165) is 11.4 Å². The van der Waals surface area contributed by atoms with Crippen LogP contribution in [-0.4, -0.2) is 9.97 Å². The number of nitriles is 1. The van der Waals surface area contributed by atoms with Crippen LogP contribution in [0.15, 0.2) is 12.4 Å². The quantitative estimate of drug-likeness (QED) is 0.681. The number of hydrogen-bond donors (Lipinski definition) is 0. The highest BCUT2D eigenvalue weighted by Gasteiger charge is 2.16. The Bertz CT molecular complexity index is 340. The zero-order valence-electron chi connectivity index (χ0n) is 9.07. The first-order valence-electron chi connectivity index (χ1n) is 4.67. The van der Waals surface area contributed by atoms with Crippen LogP contribution in [0.2, 0.25) is 0 Å². The summed E-state index contributed by atoms with van der Waals surface area (Å²) in [4.78, 5) is 8.54. The summed E-state index contributed by atoms with van der Waals surface area (Å²) < 4.78 is 0. The molecular formula is C11H15N3. The molecule has 0 aromatic carbocycles. The molecule has 0 spiro atoms. The van der Waals surface area contributed by atoms with Gasteiger partial charge in [-0.25, -0.2) is 0 Å². The first-order valence-corrected chi connectivity index (χ1v) is 4.67. The van der Waals surface area contributed by atoms with Crippen LogP contribution in [0.3, 0.4) is 0 Å². The highest BCUT2D eigenvalue weighted by Crippen LogP contribution is 2.19. The van der Waals surface area contributed by atoms with Gasteiger partial charge in [0.25, 0.3) is 0 Å². The summed E-state index contributed by atoms with van der Waals surface area (Å²) in [6, 6.07) is 2.14. The number of rotatable bonds is 1. The SMILES string of the molecule is CC(C#N)c1cnc(C(C)(C)C)cn1. The Kier molecular flexibility index (Phi) is 2.85. The van der Waals surface area contributed by atoms with E-state index in [2.05, 4.69) is 36.8 Å². The van der Waals surface area contributed by atoms with Crippen molar-refractivity contribution >= 4 is 0 Å². The van der Waals surface area contributed by atoms with Gasteiger partial charge >= 0.3 is 0 Å². The predicted octanol–water partition coefficient (Wildman–Crippen LogP) is 2.40. The zero-order chi connectivity index (χ0) is 10.8. The topological polar surface area (TPSA) is 49.6 Å². The van der Waals surface area contributed by atoms with Crippen molar-refractivity contribution in [2.75, 3.05) is 0 Å². The second kappa shape index (κ2) is 3.75. The molecule has 1 rings (SSSR count). The molecule has 3 nitrogen and oxygen atoms in total. The summed E-state index contributed by atoms with van der Waals surface area (Å²) in [7, 11) is 0. The Hall–Kier alpha value is -1.43. The van der Waals surface area contributed by atoms with Gasteiger partial charge in [0.1, 0.15) is 0 Å². The van der Waals surface area contributed by atoms with Crippen molar-refractivity contribution < 1.29 is 0 Å². The third-order valence-corrected chi connectivity index (χ3v) is 2.08. The van der Waals surface area contributed by atoms with E-state index in [1.54, 1.807) is 12.4 Å². The normalized spacial score (nSPS) is 13.4. The van der Waals surface area contributed by atoms with E-state index in [1.165, 1.54) is 0 Å². The molecule has 1 aromatic heterocycles. The van der Waals surface area contributed by atoms with Crippen molar-refractivity contribution in [1.29, 1.82) is 5.26 Å². The van der Waals surface area contributed by atoms with E-state index in [0.29, 0.717) is 0 Å². The molecule has 3 heteroatoms. The van der Waals surface area contributed by atoms with Crippen molar-refractivity contribution in [2.24, 2.45) is 0 Å². The lowest BCUT2D eigenvalue weighted by Crippen LogP contribution is -2.14. The molecule has 0 saturated carbocycles. The molecule has 0 aliphatic heterocycles. The van der Waals surface area contributed by atoms with Gasteiger partial charge in [0.15, 0.2) is 0 Å². The van der Waals surface area contributed by atoms with E-state index in [1.807, 2.05) is 6.92 Å². The van der Waals surface area contributed by atoms with Crippen LogP contribution in [0.4, 0.5) is 0 Å². The van der Waals surface area contributed by atoms with Gasteiger partial charge in [-0.2, -0.15) is 5.26 Å². The fourth-order valence-corrected chi connectivity index (χ4v) is 1.02. The summed E-state index contributed by atoms with van der Waals surface area (Å²) in [6.07, 6.45) is 3.44. The lowest BCUT2D eigenvalue weighted by Gasteiger charge is -2.17. The lowest BCUT2D eigenvalue weighted by atomic mass is 9.92. The molecule has 1 unspecified atom stereocenters. The van der Waals surface area contributed by atoms with Crippen LogP contribution in [0.25, 0.3) is 0 Å². The largest absolute Gasteiger partial charge is 0.257 e. The Labute approximate surface area is 84.8 Å². The van der Waals surface area contributed by atoms with Crippen LogP contribution in [0.1, 0.15) is 45.0 Å². The van der Waals surface area contributed by atoms with E-state index in [-0.39, 0.29) is 11.3 Å². The molecule has 1 atom stereocenters. The molecule has 74 valence electrons. The molecule has 1 aromatic rings. The number of nitrogens with zero attached hydrogens (tertiary/aromatic N) is 3. The smallest absolute Gasteiger partial charge is 0.0872 e. The van der Waals surface area contributed by atoms with Crippen molar-refractivity contribution in [3.63, 3.8) is 0 Å². The van der Waals surface area contributed by atoms with Crippen LogP contribution in [0.5, 0.6) is 0 Å². The minimum Gasteiger partial charge on any atom is -0.257 e. The third-order valence-electron chi connectivity index (χ3n) is 2.08. The van der Waals surface area contributed by atoms with Crippen LogP contribution < -0.4 is 0 Å². The molecule has 0 bridgehead atoms. The zero-order valence-corrected chi connectivity index (χ0v) is 9.07. The van der Waals surface area contributed by atoms with Crippen LogP contribution in [-0.2, 0) is 5.41 Å². The van der Waals surface area contributed by atoms with Gasteiger partial charge in [-0.15, -0.1) is 0 Å². The first kappa shape index (κ1) is 10.6. The fraction of sp³-hybridized carbons (Fsp3) is 0.545. The Morgan fingerprint density at radius 3 is 2.29 bits per heavy atom. The average Bonchev–Trinajstić information content (AvgIpc) is 2.15. The van der Waals surface area contributed by atoms with Crippen molar-refractivity contribution in [2.45, 2.75) is 39.0 Å². The predicted molar refractivity (Wildman–Crippen MR) is 54.8 cm³/mol. The van der Waals surface area contributed by atoms with E-state index in [9.17, 15) is 0 Å². The van der Waals surface area contributed by atoms with Gasteiger partial charge in [-0.1, -0.05) is 20.8 Å². The second-order valence-electron chi connectivity index (χ2n) is 4.43. The van der Waals surface area contributed by atoms with Gasteiger partial charge in [-0.05, 0) is 6.92 Å². The molecule has 0 fully saturated rings. The van der Waals surface area contributed by atoms with Crippen molar-refractivity contribution in [3.8, 4) is 6.07 Å². The van der Waals surface area contributed by atoms with E-state index in [4.69, 9.17) is 5.26 Å². The maximum absolute atomic E-state index is 8.70. The minimum absolute atomic E-state index is 0.0153. The van der Waals surface area contributed by atoms with E-state index < -0.39 is 0 Å². The number of hydrogen-bond acceptors (Lipinski definition) is 3. The van der Waals surface area contributed by atoms with Crippen LogP contribution >= 0.6 is 0 Å². The summed E-state index contributed by atoms with van der Waals surface area (Å²) in [5.41, 5.74) is 1.70. The summed E-state index contributed by atoms with van der Waals surface area (Å²) >= 11 is 0. The third kappa shape index (κ3) is 2.29. The lowest BCUT2D eigenvalue weighted by molar-refractivity contribution is 0.563. The van der Waals surface area contributed by atoms with Gasteiger partial charge in [0.2, 0.25) is 0 Å². The molecule has 0 radical (unpaired) electrons. The standard InChI is InChI=1S/C11H15N3/c1-8(5-12)9-6-14-10(7-13-9)11(2,3)4/h6-8H,1-4H3. The average molecular weight is 189 g/mol. The summed E-state index contributed by atoms with van der Waals surface area (Å²) in [5, 5.41) is 8.70. The maximum atomic E-state index is 8.70. The van der Waals surface area contributed by atoms with Gasteiger partial charge in [-0.3, -0.25) is 9.97 Å². The molecule has 0 aliphatic carbocycles. The Morgan fingerprint density at radius 2 is 1.93 bits per heavy atom. The molecule has 0 aliphatic rings. The Balaban J connectivity index is 2.96. The second-order valence-corrected chi connectivity index (χ2v) is 4.43.